The predicted molar refractivity (Wildman–Crippen MR) is 78.9 cm³/mol. The fourth-order valence-corrected chi connectivity index (χ4v) is 2.27. The molecule has 0 saturated heterocycles. The van der Waals surface area contributed by atoms with Crippen molar-refractivity contribution in [1.82, 2.24) is 10.4 Å². The molecule has 2 aromatic rings. The van der Waals surface area contributed by atoms with Gasteiger partial charge in [-0.2, -0.15) is 0 Å². The predicted octanol–water partition coefficient (Wildman–Crippen LogP) is 2.08. The third-order valence-corrected chi connectivity index (χ3v) is 3.30. The molecular weight excluding hydrogens is 285 g/mol. The van der Waals surface area contributed by atoms with Crippen LogP contribution in [-0.4, -0.2) is 23.4 Å². The molecule has 1 aliphatic heterocycles. The Labute approximate surface area is 126 Å². The highest BCUT2D eigenvalue weighted by molar-refractivity contribution is 6.01. The van der Waals surface area contributed by atoms with Crippen molar-refractivity contribution in [2.24, 2.45) is 0 Å². The van der Waals surface area contributed by atoms with E-state index >= 15 is 0 Å². The van der Waals surface area contributed by atoms with Gasteiger partial charge in [-0.15, -0.1) is 0 Å². The number of ether oxygens (including phenoxy) is 1. The minimum Gasteiger partial charge on any atom is -0.484 e. The summed E-state index contributed by atoms with van der Waals surface area (Å²) in [6, 6.07) is 13.1. The van der Waals surface area contributed by atoms with Gasteiger partial charge in [0.1, 0.15) is 17.4 Å². The van der Waals surface area contributed by atoms with Gasteiger partial charge in [0, 0.05) is 11.6 Å². The van der Waals surface area contributed by atoms with Crippen LogP contribution in [0.25, 0.3) is 0 Å². The normalized spacial score (nSPS) is 13.0. The first-order chi connectivity index (χ1) is 10.6. The van der Waals surface area contributed by atoms with Crippen molar-refractivity contribution < 1.29 is 13.9 Å². The molecule has 0 atom stereocenters. The Morgan fingerprint density at radius 1 is 1.27 bits per heavy atom. The highest BCUT2D eigenvalue weighted by Crippen LogP contribution is 2.20. The van der Waals surface area contributed by atoms with Gasteiger partial charge in [-0.1, -0.05) is 30.3 Å². The maximum absolute atomic E-state index is 13.0. The van der Waals surface area contributed by atoms with Crippen molar-refractivity contribution in [3.63, 3.8) is 0 Å². The number of hydrazine groups is 1. The second kappa shape index (κ2) is 5.85. The van der Waals surface area contributed by atoms with E-state index in [-0.39, 0.29) is 18.2 Å². The Bertz CT molecular complexity index is 733. The molecule has 0 fully saturated rings. The van der Waals surface area contributed by atoms with Crippen molar-refractivity contribution in [3.05, 3.63) is 65.5 Å². The first-order valence-corrected chi connectivity index (χ1v) is 6.76. The molecule has 2 aromatic carbocycles. The molecule has 3 rings (SSSR count). The van der Waals surface area contributed by atoms with Crippen LogP contribution in [0.5, 0.6) is 5.75 Å². The van der Waals surface area contributed by atoms with Crippen molar-refractivity contribution in [2.45, 2.75) is 6.54 Å². The molecule has 6 heteroatoms. The zero-order valence-corrected chi connectivity index (χ0v) is 11.7. The van der Waals surface area contributed by atoms with E-state index in [4.69, 9.17) is 10.1 Å². The number of halogens is 1. The molecule has 0 spiro atoms. The summed E-state index contributed by atoms with van der Waals surface area (Å²) in [5.74, 6) is -0.291. The molecule has 112 valence electrons. The van der Waals surface area contributed by atoms with E-state index < -0.39 is 11.7 Å². The van der Waals surface area contributed by atoms with E-state index in [1.54, 1.807) is 6.07 Å². The standard InChI is InChI=1S/C16H14FN3O2/c17-12-5-3-6-13(8-12)22-10-15(21)19-20-9-11-4-1-2-7-14(11)16(20)18/h1-8,18H,9-10H2,(H,19,21). The smallest absolute Gasteiger partial charge is 0.276 e. The van der Waals surface area contributed by atoms with Crippen LogP contribution in [0.15, 0.2) is 48.5 Å². The Balaban J connectivity index is 1.56. The highest BCUT2D eigenvalue weighted by Gasteiger charge is 2.24. The number of carbonyl (C=O) groups excluding carboxylic acids is 1. The number of amides is 1. The van der Waals surface area contributed by atoms with Gasteiger partial charge in [-0.25, -0.2) is 4.39 Å². The molecule has 5 nitrogen and oxygen atoms in total. The lowest BCUT2D eigenvalue weighted by molar-refractivity contribution is -0.126. The van der Waals surface area contributed by atoms with E-state index in [0.717, 1.165) is 11.1 Å². The van der Waals surface area contributed by atoms with Gasteiger partial charge in [0.15, 0.2) is 6.61 Å². The molecule has 0 aromatic heterocycles. The van der Waals surface area contributed by atoms with Gasteiger partial charge in [-0.05, 0) is 17.7 Å². The third kappa shape index (κ3) is 2.90. The molecule has 0 aliphatic carbocycles. The van der Waals surface area contributed by atoms with Crippen LogP contribution < -0.4 is 10.2 Å². The number of nitrogens with zero attached hydrogens (tertiary/aromatic N) is 1. The van der Waals surface area contributed by atoms with Crippen LogP contribution in [0.1, 0.15) is 11.1 Å². The topological polar surface area (TPSA) is 65.4 Å². The summed E-state index contributed by atoms with van der Waals surface area (Å²) in [5.41, 5.74) is 4.40. The van der Waals surface area contributed by atoms with Crippen LogP contribution >= 0.6 is 0 Å². The van der Waals surface area contributed by atoms with E-state index in [1.165, 1.54) is 23.2 Å². The minimum absolute atomic E-state index is 0.245. The van der Waals surface area contributed by atoms with E-state index in [1.807, 2.05) is 24.3 Å². The van der Waals surface area contributed by atoms with Crippen molar-refractivity contribution in [3.8, 4) is 5.75 Å². The number of benzene rings is 2. The quantitative estimate of drug-likeness (QED) is 0.908. The third-order valence-electron chi connectivity index (χ3n) is 3.30. The zero-order valence-electron chi connectivity index (χ0n) is 11.7. The number of carbonyl (C=O) groups is 1. The summed E-state index contributed by atoms with van der Waals surface area (Å²) >= 11 is 0. The van der Waals surface area contributed by atoms with Crippen molar-refractivity contribution in [2.75, 3.05) is 6.61 Å². The molecule has 0 bridgehead atoms. The van der Waals surface area contributed by atoms with Gasteiger partial charge in [-0.3, -0.25) is 20.6 Å². The molecular formula is C16H14FN3O2. The first-order valence-electron chi connectivity index (χ1n) is 6.76. The second-order valence-electron chi connectivity index (χ2n) is 4.87. The van der Waals surface area contributed by atoms with E-state index in [2.05, 4.69) is 5.43 Å². The number of fused-ring (bicyclic) bond motifs is 1. The molecule has 0 radical (unpaired) electrons. The fourth-order valence-electron chi connectivity index (χ4n) is 2.27. The molecule has 1 amide bonds. The lowest BCUT2D eigenvalue weighted by atomic mass is 10.1. The largest absolute Gasteiger partial charge is 0.484 e. The SMILES string of the molecule is N=C1c2ccccc2CN1NC(=O)COc1cccc(F)c1. The Kier molecular flexibility index (Phi) is 3.74. The van der Waals surface area contributed by atoms with Crippen molar-refractivity contribution >= 4 is 11.7 Å². The van der Waals surface area contributed by atoms with Crippen LogP contribution in [0.2, 0.25) is 0 Å². The monoisotopic (exact) mass is 299 g/mol. The molecule has 0 saturated carbocycles. The summed E-state index contributed by atoms with van der Waals surface area (Å²) in [4.78, 5) is 11.9. The van der Waals surface area contributed by atoms with Crippen LogP contribution in [-0.2, 0) is 11.3 Å². The van der Waals surface area contributed by atoms with Gasteiger partial charge >= 0.3 is 0 Å². The number of amidine groups is 1. The summed E-state index contributed by atoms with van der Waals surface area (Å²) < 4.78 is 18.2. The second-order valence-corrected chi connectivity index (χ2v) is 4.87. The highest BCUT2D eigenvalue weighted by atomic mass is 19.1. The van der Waals surface area contributed by atoms with Gasteiger partial charge < -0.3 is 4.74 Å². The summed E-state index contributed by atoms with van der Waals surface area (Å²) in [6.45, 7) is 0.199. The molecule has 0 unspecified atom stereocenters. The van der Waals surface area contributed by atoms with Crippen LogP contribution in [0, 0.1) is 11.2 Å². The molecule has 1 heterocycles. The Hall–Kier alpha value is -2.89. The molecule has 2 N–H and O–H groups in total. The maximum Gasteiger partial charge on any atom is 0.276 e. The van der Waals surface area contributed by atoms with Gasteiger partial charge in [0.2, 0.25) is 0 Å². The van der Waals surface area contributed by atoms with E-state index in [9.17, 15) is 9.18 Å². The summed E-state index contributed by atoms with van der Waals surface area (Å²) in [6.07, 6.45) is 0. The summed E-state index contributed by atoms with van der Waals surface area (Å²) in [5, 5.41) is 9.49. The zero-order chi connectivity index (χ0) is 15.5. The molecule has 1 aliphatic rings. The lowest BCUT2D eigenvalue weighted by Crippen LogP contribution is -2.44. The molecule has 22 heavy (non-hydrogen) atoms. The van der Waals surface area contributed by atoms with Gasteiger partial charge in [0.05, 0.1) is 6.54 Å². The van der Waals surface area contributed by atoms with Crippen LogP contribution in [0.3, 0.4) is 0 Å². The number of hydrogen-bond acceptors (Lipinski definition) is 3. The maximum atomic E-state index is 13.0. The Morgan fingerprint density at radius 2 is 2.09 bits per heavy atom. The Morgan fingerprint density at radius 3 is 2.86 bits per heavy atom. The first kappa shape index (κ1) is 14.1. The number of nitrogens with one attached hydrogen (secondary N) is 2. The van der Waals surface area contributed by atoms with E-state index in [0.29, 0.717) is 6.54 Å². The van der Waals surface area contributed by atoms with Crippen LogP contribution in [0.4, 0.5) is 4.39 Å². The van der Waals surface area contributed by atoms with Crippen molar-refractivity contribution in [1.29, 1.82) is 5.41 Å². The number of hydrogen-bond donors (Lipinski definition) is 2. The minimum atomic E-state index is -0.422. The fraction of sp³-hybridized carbons (Fsp3) is 0.125. The average Bonchev–Trinajstić information content (AvgIpc) is 2.82. The van der Waals surface area contributed by atoms with Gasteiger partial charge in [0.25, 0.3) is 5.91 Å². The summed E-state index contributed by atoms with van der Waals surface area (Å²) in [7, 11) is 0. The lowest BCUT2D eigenvalue weighted by Gasteiger charge is -2.19. The number of rotatable bonds is 4. The average molecular weight is 299 g/mol.